The molecule has 1 fully saturated rings. The molecule has 2 heterocycles. The first-order chi connectivity index (χ1) is 12.8. The zero-order valence-electron chi connectivity index (χ0n) is 14.5. The van der Waals surface area contributed by atoms with Crippen LogP contribution in [0.4, 0.5) is 6.01 Å². The van der Waals surface area contributed by atoms with E-state index in [0.29, 0.717) is 11.8 Å². The smallest absolute Gasteiger partial charge is 0.322 e. The zero-order chi connectivity index (χ0) is 17.8. The molecule has 5 nitrogen and oxygen atoms in total. The molecule has 0 N–H and O–H groups in total. The fraction of sp³-hybridized carbons (Fsp3) is 0.300. The third-order valence-electron chi connectivity index (χ3n) is 4.72. The predicted molar refractivity (Wildman–Crippen MR) is 104 cm³/mol. The molecule has 1 saturated heterocycles. The van der Waals surface area contributed by atoms with Crippen molar-refractivity contribution in [2.45, 2.75) is 6.42 Å². The minimum absolute atomic E-state index is 0.612. The lowest BCUT2D eigenvalue weighted by molar-refractivity contribution is 0.253. The van der Waals surface area contributed by atoms with E-state index in [-0.39, 0.29) is 0 Å². The van der Waals surface area contributed by atoms with Crippen LogP contribution in [0.15, 0.2) is 59.1 Å². The third-order valence-corrected chi connectivity index (χ3v) is 4.97. The highest BCUT2D eigenvalue weighted by atomic mass is 35.5. The van der Waals surface area contributed by atoms with Crippen LogP contribution >= 0.6 is 11.6 Å². The van der Waals surface area contributed by atoms with Crippen LogP contribution in [0.1, 0.15) is 5.56 Å². The Hall–Kier alpha value is -2.37. The minimum Gasteiger partial charge on any atom is -0.322 e. The molecule has 0 aliphatic carbocycles. The van der Waals surface area contributed by atoms with Gasteiger partial charge in [-0.25, -0.2) is 0 Å². The van der Waals surface area contributed by atoms with Crippen LogP contribution in [0, 0.1) is 0 Å². The Morgan fingerprint density at radius 1 is 0.923 bits per heavy atom. The van der Waals surface area contributed by atoms with E-state index >= 15 is 0 Å². The monoisotopic (exact) mass is 368 g/mol. The molecule has 2 aromatic carbocycles. The molecule has 0 bridgehead atoms. The summed E-state index contributed by atoms with van der Waals surface area (Å²) in [4.78, 5) is 9.18. The molecule has 3 aromatic rings. The Balaban J connectivity index is 1.30. The van der Waals surface area contributed by atoms with E-state index in [4.69, 9.17) is 16.1 Å². The average Bonchev–Trinajstić information content (AvgIpc) is 3.19. The standard InChI is InChI=1S/C20H21ClN4O/c21-18-8-6-16(7-9-18)10-11-24-12-14-25(15-13-24)20-22-19(23-26-20)17-4-2-1-3-5-17/h1-9H,10-15H2. The molecule has 1 aliphatic rings. The van der Waals surface area contributed by atoms with Crippen LogP contribution in [0.5, 0.6) is 0 Å². The van der Waals surface area contributed by atoms with E-state index in [0.717, 1.165) is 49.7 Å². The quantitative estimate of drug-likeness (QED) is 0.686. The summed E-state index contributed by atoms with van der Waals surface area (Å²) in [6.45, 7) is 4.84. The van der Waals surface area contributed by atoms with Gasteiger partial charge in [-0.2, -0.15) is 4.98 Å². The summed E-state index contributed by atoms with van der Waals surface area (Å²) in [6.07, 6.45) is 1.04. The SMILES string of the molecule is Clc1ccc(CCN2CCN(c3nc(-c4ccccc4)no3)CC2)cc1. The van der Waals surface area contributed by atoms with Gasteiger partial charge >= 0.3 is 6.01 Å². The highest BCUT2D eigenvalue weighted by Crippen LogP contribution is 2.20. The number of hydrogen-bond donors (Lipinski definition) is 0. The molecule has 4 rings (SSSR count). The first kappa shape index (κ1) is 17.1. The van der Waals surface area contributed by atoms with Crippen molar-refractivity contribution < 1.29 is 4.52 Å². The van der Waals surface area contributed by atoms with Crippen LogP contribution in [-0.4, -0.2) is 47.8 Å². The Labute approximate surface area is 158 Å². The van der Waals surface area contributed by atoms with Gasteiger partial charge in [0.25, 0.3) is 0 Å². The summed E-state index contributed by atoms with van der Waals surface area (Å²) in [6, 6.07) is 18.6. The van der Waals surface area contributed by atoms with Crippen LogP contribution in [0.2, 0.25) is 5.02 Å². The minimum atomic E-state index is 0.612. The second-order valence-corrected chi connectivity index (χ2v) is 6.91. The highest BCUT2D eigenvalue weighted by Gasteiger charge is 2.21. The van der Waals surface area contributed by atoms with Gasteiger partial charge in [-0.1, -0.05) is 59.2 Å². The van der Waals surface area contributed by atoms with Crippen molar-refractivity contribution in [2.75, 3.05) is 37.6 Å². The maximum Gasteiger partial charge on any atom is 0.324 e. The molecule has 0 saturated carbocycles. The van der Waals surface area contributed by atoms with Gasteiger partial charge in [-0.15, -0.1) is 0 Å². The van der Waals surface area contributed by atoms with Crippen molar-refractivity contribution in [1.29, 1.82) is 0 Å². The number of aromatic nitrogens is 2. The maximum absolute atomic E-state index is 5.94. The van der Waals surface area contributed by atoms with Crippen LogP contribution < -0.4 is 4.90 Å². The maximum atomic E-state index is 5.94. The van der Waals surface area contributed by atoms with E-state index in [1.807, 2.05) is 42.5 Å². The van der Waals surface area contributed by atoms with Crippen LogP contribution in [0.25, 0.3) is 11.4 Å². The molecule has 134 valence electrons. The van der Waals surface area contributed by atoms with E-state index in [2.05, 4.69) is 32.1 Å². The first-order valence-electron chi connectivity index (χ1n) is 8.89. The van der Waals surface area contributed by atoms with Gasteiger partial charge in [0.1, 0.15) is 0 Å². The van der Waals surface area contributed by atoms with Crippen molar-refractivity contribution in [2.24, 2.45) is 0 Å². The normalized spacial score (nSPS) is 15.3. The lowest BCUT2D eigenvalue weighted by Gasteiger charge is -2.33. The molecule has 0 atom stereocenters. The number of rotatable bonds is 5. The highest BCUT2D eigenvalue weighted by molar-refractivity contribution is 6.30. The molecule has 1 aliphatic heterocycles. The second-order valence-electron chi connectivity index (χ2n) is 6.47. The van der Waals surface area contributed by atoms with E-state index in [1.54, 1.807) is 0 Å². The van der Waals surface area contributed by atoms with E-state index in [1.165, 1.54) is 5.56 Å². The largest absolute Gasteiger partial charge is 0.324 e. The molecular weight excluding hydrogens is 348 g/mol. The summed E-state index contributed by atoms with van der Waals surface area (Å²) in [5, 5.41) is 4.90. The Morgan fingerprint density at radius 2 is 1.65 bits per heavy atom. The molecule has 0 radical (unpaired) electrons. The molecule has 6 heteroatoms. The van der Waals surface area contributed by atoms with Crippen molar-refractivity contribution in [3.05, 3.63) is 65.2 Å². The van der Waals surface area contributed by atoms with E-state index < -0.39 is 0 Å². The summed E-state index contributed by atoms with van der Waals surface area (Å²) in [5.74, 6) is 0.644. The lowest BCUT2D eigenvalue weighted by Crippen LogP contribution is -2.47. The van der Waals surface area contributed by atoms with E-state index in [9.17, 15) is 0 Å². The fourth-order valence-electron chi connectivity index (χ4n) is 3.15. The number of hydrogen-bond acceptors (Lipinski definition) is 5. The molecule has 0 amide bonds. The van der Waals surface area contributed by atoms with Crippen molar-refractivity contribution in [1.82, 2.24) is 15.0 Å². The summed E-state index contributed by atoms with van der Waals surface area (Å²) in [7, 11) is 0. The van der Waals surface area contributed by atoms with Gasteiger partial charge in [-0.3, -0.25) is 4.90 Å². The molecule has 26 heavy (non-hydrogen) atoms. The van der Waals surface area contributed by atoms with Gasteiger partial charge in [0.2, 0.25) is 5.82 Å². The van der Waals surface area contributed by atoms with Crippen molar-refractivity contribution in [3.63, 3.8) is 0 Å². The van der Waals surface area contributed by atoms with Gasteiger partial charge < -0.3 is 9.42 Å². The van der Waals surface area contributed by atoms with Gasteiger partial charge in [0, 0.05) is 43.3 Å². The summed E-state index contributed by atoms with van der Waals surface area (Å²) < 4.78 is 5.47. The number of nitrogens with zero attached hydrogens (tertiary/aromatic N) is 4. The second kappa shape index (κ2) is 7.89. The molecular formula is C20H21ClN4O. The number of benzene rings is 2. The number of piperazine rings is 1. The van der Waals surface area contributed by atoms with Gasteiger partial charge in [0.15, 0.2) is 0 Å². The van der Waals surface area contributed by atoms with Crippen molar-refractivity contribution >= 4 is 17.6 Å². The lowest BCUT2D eigenvalue weighted by atomic mass is 10.1. The van der Waals surface area contributed by atoms with Crippen LogP contribution in [0.3, 0.4) is 0 Å². The molecule has 0 spiro atoms. The predicted octanol–water partition coefficient (Wildman–Crippen LogP) is 3.75. The molecule has 1 aromatic heterocycles. The van der Waals surface area contributed by atoms with Crippen molar-refractivity contribution in [3.8, 4) is 11.4 Å². The van der Waals surface area contributed by atoms with Gasteiger partial charge in [0.05, 0.1) is 0 Å². The first-order valence-corrected chi connectivity index (χ1v) is 9.26. The Kier molecular flexibility index (Phi) is 5.18. The number of anilines is 1. The fourth-order valence-corrected chi connectivity index (χ4v) is 3.28. The third kappa shape index (κ3) is 4.06. The van der Waals surface area contributed by atoms with Crippen LogP contribution in [-0.2, 0) is 6.42 Å². The summed E-state index contributed by atoms with van der Waals surface area (Å²) >= 11 is 5.94. The van der Waals surface area contributed by atoms with Gasteiger partial charge in [-0.05, 0) is 24.1 Å². The zero-order valence-corrected chi connectivity index (χ0v) is 15.3. The molecule has 0 unspecified atom stereocenters. The summed E-state index contributed by atoms with van der Waals surface area (Å²) in [5.41, 5.74) is 2.30. The number of halogens is 1. The average molecular weight is 369 g/mol. The topological polar surface area (TPSA) is 45.4 Å². The Bertz CT molecular complexity index is 827. The Morgan fingerprint density at radius 3 is 2.38 bits per heavy atom.